The Labute approximate surface area is 199 Å². The number of Topliss-reactive ketones (excluding diaryl/α,β-unsaturated/α-hetero) is 2. The van der Waals surface area contributed by atoms with Crippen molar-refractivity contribution in [3.8, 4) is 0 Å². The topological polar surface area (TPSA) is 71.4 Å². The van der Waals surface area contributed by atoms with Crippen LogP contribution in [0, 0.1) is 46.3 Å². The van der Waals surface area contributed by atoms with Crippen LogP contribution in [0.5, 0.6) is 0 Å². The highest BCUT2D eigenvalue weighted by Crippen LogP contribution is 2.65. The summed E-state index contributed by atoms with van der Waals surface area (Å²) in [5.41, 5.74) is 3.22. The quantitative estimate of drug-likeness (QED) is 0.472. The lowest BCUT2D eigenvalue weighted by atomic mass is 9.48. The zero-order chi connectivity index (χ0) is 24.3. The Hall–Kier alpha value is -1.71. The van der Waals surface area contributed by atoms with Crippen molar-refractivity contribution in [3.63, 3.8) is 0 Å². The van der Waals surface area contributed by atoms with E-state index in [-0.39, 0.29) is 16.7 Å². The highest BCUT2D eigenvalue weighted by atomic mass is 16.4. The van der Waals surface area contributed by atoms with Gasteiger partial charge in [-0.2, -0.15) is 0 Å². The van der Waals surface area contributed by atoms with Gasteiger partial charge in [-0.15, -0.1) is 0 Å². The van der Waals surface area contributed by atoms with Crippen LogP contribution in [0.15, 0.2) is 23.3 Å². The second kappa shape index (κ2) is 8.50. The van der Waals surface area contributed by atoms with Crippen LogP contribution in [0.1, 0.15) is 92.4 Å². The van der Waals surface area contributed by atoms with Crippen molar-refractivity contribution in [2.24, 2.45) is 46.3 Å². The first-order valence-electron chi connectivity index (χ1n) is 13.1. The van der Waals surface area contributed by atoms with E-state index >= 15 is 0 Å². The molecular formula is C29H42O4. The predicted octanol–water partition coefficient (Wildman–Crippen LogP) is 6.40. The standard InChI is InChI=1S/C29H42O4/c1-16(18(3)27(32)33)7-8-17(2)21-11-12-23-20-9-10-22-19(4)24(30)13-14-28(22,5)26(20)25(31)15-29(21,23)6/h17-19,21-23H,1,7-15H2,2-6H3,(H,32,33)/t17-,18-,19+,21-,22-,23+,28+,29-/m1/s1. The third-order valence-electron chi connectivity index (χ3n) is 10.7. The molecule has 4 rings (SSSR count). The summed E-state index contributed by atoms with van der Waals surface area (Å²) in [5.74, 6) is 1.18. The van der Waals surface area contributed by atoms with Gasteiger partial charge in [0.25, 0.3) is 0 Å². The number of carboxylic acids is 1. The molecule has 0 aromatic carbocycles. The number of carbonyl (C=O) groups is 3. The molecule has 1 N–H and O–H groups in total. The molecule has 4 nitrogen and oxygen atoms in total. The number of carbonyl (C=O) groups excluding carboxylic acids is 2. The van der Waals surface area contributed by atoms with Crippen LogP contribution in [0.2, 0.25) is 0 Å². The molecule has 0 amide bonds. The summed E-state index contributed by atoms with van der Waals surface area (Å²) in [6.07, 6.45) is 8.05. The molecule has 0 aromatic rings. The second-order valence-corrected chi connectivity index (χ2v) is 12.3. The van der Waals surface area contributed by atoms with Gasteiger partial charge < -0.3 is 5.11 Å². The Bertz CT molecular complexity index is 913. The van der Waals surface area contributed by atoms with Crippen molar-refractivity contribution >= 4 is 17.5 Å². The number of aliphatic carboxylic acids is 1. The highest BCUT2D eigenvalue weighted by Gasteiger charge is 2.59. The van der Waals surface area contributed by atoms with Gasteiger partial charge in [0, 0.05) is 24.3 Å². The van der Waals surface area contributed by atoms with Crippen molar-refractivity contribution in [2.75, 3.05) is 0 Å². The molecule has 0 bridgehead atoms. The third kappa shape index (κ3) is 3.76. The second-order valence-electron chi connectivity index (χ2n) is 12.3. The van der Waals surface area contributed by atoms with Crippen LogP contribution in [0.4, 0.5) is 0 Å². The van der Waals surface area contributed by atoms with Gasteiger partial charge in [-0.1, -0.05) is 45.4 Å². The summed E-state index contributed by atoms with van der Waals surface area (Å²) in [7, 11) is 0. The van der Waals surface area contributed by atoms with Crippen LogP contribution in [-0.2, 0) is 14.4 Å². The lowest BCUT2D eigenvalue weighted by molar-refractivity contribution is -0.140. The van der Waals surface area contributed by atoms with Crippen LogP contribution in [0.25, 0.3) is 0 Å². The Morgan fingerprint density at radius 2 is 1.85 bits per heavy atom. The highest BCUT2D eigenvalue weighted by molar-refractivity contribution is 6.00. The van der Waals surface area contributed by atoms with Crippen LogP contribution in [0.3, 0.4) is 0 Å². The number of ketones is 2. The molecule has 0 aromatic heterocycles. The zero-order valence-corrected chi connectivity index (χ0v) is 21.2. The van der Waals surface area contributed by atoms with Gasteiger partial charge in [0.2, 0.25) is 0 Å². The maximum atomic E-state index is 13.8. The minimum absolute atomic E-state index is 0.00558. The SMILES string of the molecule is C=C(CC[C@@H](C)[C@H]1CC[C@H]2C3=C(C(=O)C[C@]12C)[C@@]1(C)CCC(=O)[C@@H](C)[C@H]1CC3)[C@@H](C)C(=O)O. The summed E-state index contributed by atoms with van der Waals surface area (Å²) in [6.45, 7) is 14.7. The van der Waals surface area contributed by atoms with Gasteiger partial charge in [-0.25, -0.2) is 0 Å². The number of fused-ring (bicyclic) bond motifs is 4. The Morgan fingerprint density at radius 1 is 1.15 bits per heavy atom. The molecule has 0 spiro atoms. The van der Waals surface area contributed by atoms with E-state index in [0.29, 0.717) is 48.1 Å². The van der Waals surface area contributed by atoms with Crippen molar-refractivity contribution in [1.29, 1.82) is 0 Å². The van der Waals surface area contributed by atoms with Crippen molar-refractivity contribution in [3.05, 3.63) is 23.3 Å². The van der Waals surface area contributed by atoms with Crippen LogP contribution in [-0.4, -0.2) is 22.6 Å². The minimum atomic E-state index is -0.805. The molecule has 0 heterocycles. The summed E-state index contributed by atoms with van der Waals surface area (Å²) in [4.78, 5) is 37.5. The molecule has 0 saturated heterocycles. The number of hydrogen-bond donors (Lipinski definition) is 1. The average Bonchev–Trinajstić information content (AvgIpc) is 3.10. The lowest BCUT2D eigenvalue weighted by Gasteiger charge is -2.54. The number of carboxylic acid groups (broad SMARTS) is 1. The molecule has 8 atom stereocenters. The molecule has 2 saturated carbocycles. The fourth-order valence-electron chi connectivity index (χ4n) is 8.56. The first-order chi connectivity index (χ1) is 15.4. The van der Waals surface area contributed by atoms with E-state index in [1.807, 2.05) is 0 Å². The largest absolute Gasteiger partial charge is 0.481 e. The van der Waals surface area contributed by atoms with Crippen LogP contribution < -0.4 is 0 Å². The average molecular weight is 455 g/mol. The van der Waals surface area contributed by atoms with E-state index < -0.39 is 11.9 Å². The van der Waals surface area contributed by atoms with E-state index in [4.69, 9.17) is 0 Å². The summed E-state index contributed by atoms with van der Waals surface area (Å²) >= 11 is 0. The lowest BCUT2D eigenvalue weighted by Crippen LogP contribution is -2.50. The van der Waals surface area contributed by atoms with Crippen molar-refractivity contribution < 1.29 is 19.5 Å². The van der Waals surface area contributed by atoms with E-state index in [1.54, 1.807) is 6.92 Å². The maximum Gasteiger partial charge on any atom is 0.310 e. The van der Waals surface area contributed by atoms with Gasteiger partial charge in [0.05, 0.1) is 5.92 Å². The molecule has 0 unspecified atom stereocenters. The first-order valence-corrected chi connectivity index (χ1v) is 13.1. The normalized spacial score (nSPS) is 40.0. The van der Waals surface area contributed by atoms with Crippen molar-refractivity contribution in [1.82, 2.24) is 0 Å². The summed E-state index contributed by atoms with van der Waals surface area (Å²) in [5, 5.41) is 9.28. The monoisotopic (exact) mass is 454 g/mol. The van der Waals surface area contributed by atoms with Gasteiger partial charge in [0.15, 0.2) is 5.78 Å². The molecule has 0 radical (unpaired) electrons. The predicted molar refractivity (Wildman–Crippen MR) is 130 cm³/mol. The molecule has 4 aliphatic carbocycles. The fourth-order valence-corrected chi connectivity index (χ4v) is 8.56. The van der Waals surface area contributed by atoms with Gasteiger partial charge in [-0.05, 0) is 86.4 Å². The van der Waals surface area contributed by atoms with Gasteiger partial charge >= 0.3 is 5.97 Å². The van der Waals surface area contributed by atoms with Gasteiger partial charge in [-0.3, -0.25) is 14.4 Å². The Morgan fingerprint density at radius 3 is 2.52 bits per heavy atom. The van der Waals surface area contributed by atoms with Crippen LogP contribution >= 0.6 is 0 Å². The van der Waals surface area contributed by atoms with E-state index in [2.05, 4.69) is 34.3 Å². The minimum Gasteiger partial charge on any atom is -0.481 e. The Kier molecular flexibility index (Phi) is 6.29. The van der Waals surface area contributed by atoms with E-state index in [1.165, 1.54) is 5.57 Å². The fraction of sp³-hybridized carbons (Fsp3) is 0.759. The molecule has 33 heavy (non-hydrogen) atoms. The molecule has 2 fully saturated rings. The van der Waals surface area contributed by atoms with E-state index in [9.17, 15) is 19.5 Å². The molecule has 4 heteroatoms. The smallest absolute Gasteiger partial charge is 0.310 e. The van der Waals surface area contributed by atoms with E-state index in [0.717, 1.165) is 56.1 Å². The zero-order valence-electron chi connectivity index (χ0n) is 21.2. The molecule has 4 aliphatic rings. The maximum absolute atomic E-state index is 13.8. The molecular weight excluding hydrogens is 412 g/mol. The number of rotatable bonds is 6. The van der Waals surface area contributed by atoms with Gasteiger partial charge in [0.1, 0.15) is 5.78 Å². The Balaban J connectivity index is 1.56. The summed E-state index contributed by atoms with van der Waals surface area (Å²) < 4.78 is 0. The summed E-state index contributed by atoms with van der Waals surface area (Å²) in [6, 6.07) is 0. The first kappa shape index (κ1) is 24.4. The number of hydrogen-bond acceptors (Lipinski definition) is 3. The molecule has 182 valence electrons. The third-order valence-corrected chi connectivity index (χ3v) is 10.7. The molecule has 0 aliphatic heterocycles. The number of allylic oxidation sites excluding steroid dienone is 2. The van der Waals surface area contributed by atoms with Crippen molar-refractivity contribution in [2.45, 2.75) is 92.4 Å².